The third-order valence-electron chi connectivity index (χ3n) is 8.99. The van der Waals surface area contributed by atoms with E-state index < -0.39 is 11.8 Å². The molecule has 0 aliphatic heterocycles. The zero-order valence-electron chi connectivity index (χ0n) is 25.1. The lowest BCUT2D eigenvalue weighted by Gasteiger charge is -2.22. The van der Waals surface area contributed by atoms with E-state index in [1.54, 1.807) is 0 Å². The fraction of sp³-hybridized carbons (Fsp3) is 0.395. The number of unbranched alkanes of at least 4 members (excludes halogenated alkanes) is 1. The molecule has 0 N–H and O–H groups in total. The van der Waals surface area contributed by atoms with Crippen molar-refractivity contribution >= 4 is 16.7 Å². The molecule has 0 amide bonds. The Hall–Kier alpha value is -3.46. The van der Waals surface area contributed by atoms with E-state index in [-0.39, 0.29) is 11.7 Å². The lowest BCUT2D eigenvalue weighted by molar-refractivity contribution is -0.138. The van der Waals surface area contributed by atoms with Crippen LogP contribution in [0.2, 0.25) is 0 Å². The first-order valence-corrected chi connectivity index (χ1v) is 15.6. The quantitative estimate of drug-likeness (QED) is 0.153. The van der Waals surface area contributed by atoms with Crippen LogP contribution in [0, 0.1) is 18.7 Å². The highest BCUT2D eigenvalue weighted by molar-refractivity contribution is 6.10. The lowest BCUT2D eigenvalue weighted by Crippen LogP contribution is -2.18. The topological polar surface area (TPSA) is 26.3 Å². The maximum absolute atomic E-state index is 15.7. The summed E-state index contributed by atoms with van der Waals surface area (Å²) in [5.41, 5.74) is 7.50. The molecule has 1 aliphatic carbocycles. The van der Waals surface area contributed by atoms with E-state index >= 15 is 4.39 Å². The summed E-state index contributed by atoms with van der Waals surface area (Å²) in [6.45, 7) is 7.92. The fourth-order valence-electron chi connectivity index (χ4n) is 6.25. The second-order valence-corrected chi connectivity index (χ2v) is 11.9. The van der Waals surface area contributed by atoms with Crippen molar-refractivity contribution in [1.29, 1.82) is 0 Å². The Morgan fingerprint density at radius 2 is 1.49 bits per heavy atom. The molecule has 1 aliphatic rings. The number of carbonyl (C=O) groups excluding carboxylic acids is 1. The molecule has 1 saturated carbocycles. The highest BCUT2D eigenvalue weighted by Crippen LogP contribution is 2.44. The molecule has 3 heteroatoms. The summed E-state index contributed by atoms with van der Waals surface area (Å²) in [6, 6.07) is 23.2. The van der Waals surface area contributed by atoms with Crippen LogP contribution in [-0.2, 0) is 11.2 Å². The Labute approximate surface area is 245 Å². The minimum atomic E-state index is -0.501. The van der Waals surface area contributed by atoms with Crippen LogP contribution in [0.5, 0.6) is 5.75 Å². The van der Waals surface area contributed by atoms with Gasteiger partial charge in [0.25, 0.3) is 0 Å². The molecule has 214 valence electrons. The van der Waals surface area contributed by atoms with Gasteiger partial charge in [-0.05, 0) is 95.3 Å². The lowest BCUT2D eigenvalue weighted by atomic mass is 9.83. The van der Waals surface area contributed by atoms with Crippen molar-refractivity contribution < 1.29 is 13.9 Å². The number of fused-ring (bicyclic) bond motifs is 1. The van der Waals surface area contributed by atoms with Crippen molar-refractivity contribution in [2.75, 3.05) is 0 Å². The monoisotopic (exact) mass is 550 g/mol. The van der Waals surface area contributed by atoms with Crippen LogP contribution < -0.4 is 4.74 Å². The van der Waals surface area contributed by atoms with Crippen LogP contribution >= 0.6 is 0 Å². The Balaban J connectivity index is 1.67. The first-order valence-electron chi connectivity index (χ1n) is 15.6. The minimum Gasteiger partial charge on any atom is -0.422 e. The summed E-state index contributed by atoms with van der Waals surface area (Å²) < 4.78 is 21.6. The van der Waals surface area contributed by atoms with Crippen LogP contribution in [0.25, 0.3) is 33.0 Å². The van der Waals surface area contributed by atoms with Crippen LogP contribution in [0.4, 0.5) is 4.39 Å². The van der Waals surface area contributed by atoms with Crippen LogP contribution in [-0.4, -0.2) is 5.97 Å². The van der Waals surface area contributed by atoms with Crippen LogP contribution in [0.15, 0.2) is 66.7 Å². The van der Waals surface area contributed by atoms with Gasteiger partial charge in [-0.1, -0.05) is 107 Å². The maximum Gasteiger partial charge on any atom is 0.314 e. The molecular weight excluding hydrogens is 507 g/mol. The van der Waals surface area contributed by atoms with E-state index in [1.807, 2.05) is 20.8 Å². The molecule has 2 nitrogen and oxygen atoms in total. The van der Waals surface area contributed by atoms with Gasteiger partial charge >= 0.3 is 5.97 Å². The van der Waals surface area contributed by atoms with E-state index in [0.29, 0.717) is 17.7 Å². The van der Waals surface area contributed by atoms with E-state index in [0.717, 1.165) is 39.6 Å². The maximum atomic E-state index is 15.7. The van der Waals surface area contributed by atoms with Gasteiger partial charge in [0.05, 0.1) is 5.92 Å². The predicted octanol–water partition coefficient (Wildman–Crippen LogP) is 11.0. The van der Waals surface area contributed by atoms with Crippen molar-refractivity contribution in [2.45, 2.75) is 91.4 Å². The molecule has 0 bridgehead atoms. The zero-order chi connectivity index (χ0) is 28.9. The molecule has 41 heavy (non-hydrogen) atoms. The number of hydrogen-bond acceptors (Lipinski definition) is 2. The van der Waals surface area contributed by atoms with E-state index in [1.165, 1.54) is 62.1 Å². The molecule has 0 heterocycles. The molecule has 5 rings (SSSR count). The minimum absolute atomic E-state index is 0.0312. The van der Waals surface area contributed by atoms with Gasteiger partial charge in [-0.3, -0.25) is 4.79 Å². The summed E-state index contributed by atoms with van der Waals surface area (Å²) in [5.74, 6) is -0.574. The molecule has 0 aromatic heterocycles. The van der Waals surface area contributed by atoms with Gasteiger partial charge in [0.2, 0.25) is 0 Å². The number of carbonyl (C=O) groups is 1. The summed E-state index contributed by atoms with van der Waals surface area (Å²) in [7, 11) is 0. The van der Waals surface area contributed by atoms with Crippen LogP contribution in [0.3, 0.4) is 0 Å². The molecule has 1 atom stereocenters. The largest absolute Gasteiger partial charge is 0.422 e. The van der Waals surface area contributed by atoms with Gasteiger partial charge in [0.15, 0.2) is 11.6 Å². The van der Waals surface area contributed by atoms with Gasteiger partial charge in [-0.25, -0.2) is 4.39 Å². The summed E-state index contributed by atoms with van der Waals surface area (Å²) >= 11 is 0. The Morgan fingerprint density at radius 3 is 2.10 bits per heavy atom. The highest BCUT2D eigenvalue weighted by atomic mass is 19.1. The third-order valence-corrected chi connectivity index (χ3v) is 8.99. The van der Waals surface area contributed by atoms with Gasteiger partial charge in [0, 0.05) is 5.39 Å². The third kappa shape index (κ3) is 6.25. The number of hydrogen-bond donors (Lipinski definition) is 0. The fourth-order valence-corrected chi connectivity index (χ4v) is 6.25. The first kappa shape index (κ1) is 29.0. The first-order chi connectivity index (χ1) is 19.9. The molecule has 1 unspecified atom stereocenters. The van der Waals surface area contributed by atoms with Gasteiger partial charge in [-0.2, -0.15) is 0 Å². The molecule has 0 saturated heterocycles. The highest BCUT2D eigenvalue weighted by Gasteiger charge is 2.24. The average molecular weight is 551 g/mol. The molecule has 1 fully saturated rings. The van der Waals surface area contributed by atoms with Crippen molar-refractivity contribution in [3.05, 3.63) is 89.2 Å². The van der Waals surface area contributed by atoms with E-state index in [9.17, 15) is 4.79 Å². The number of halogens is 1. The molecular formula is C38H43FO2. The average Bonchev–Trinajstić information content (AvgIpc) is 3.01. The zero-order valence-corrected chi connectivity index (χ0v) is 25.1. The second-order valence-electron chi connectivity index (χ2n) is 11.9. The van der Waals surface area contributed by atoms with Crippen molar-refractivity contribution in [2.24, 2.45) is 5.92 Å². The number of rotatable bonds is 9. The number of benzene rings is 4. The predicted molar refractivity (Wildman–Crippen MR) is 169 cm³/mol. The number of esters is 1. The summed E-state index contributed by atoms with van der Waals surface area (Å²) in [4.78, 5) is 13.0. The summed E-state index contributed by atoms with van der Waals surface area (Å²) in [6.07, 6.45) is 10.4. The van der Waals surface area contributed by atoms with Crippen molar-refractivity contribution in [1.82, 2.24) is 0 Å². The normalized spacial score (nSPS) is 14.8. The van der Waals surface area contributed by atoms with Gasteiger partial charge < -0.3 is 4.74 Å². The second kappa shape index (κ2) is 13.0. The number of aryl methyl sites for hydroxylation is 2. The smallest absolute Gasteiger partial charge is 0.314 e. The van der Waals surface area contributed by atoms with E-state index in [2.05, 4.69) is 67.6 Å². The standard InChI is InChI=1S/C38H43FO2/c1-5-7-11-27-14-16-30(17-15-27)32-22-23-33(31-20-18-29(19-21-31)28-12-9-8-10-13-28)36-35(32)26(4)24-34(39)37(36)41-38(40)25(3)6-2/h14-25,28H,5-13H2,1-4H3. The van der Waals surface area contributed by atoms with Gasteiger partial charge in [-0.15, -0.1) is 0 Å². The molecule has 4 aromatic rings. The Morgan fingerprint density at radius 1 is 0.878 bits per heavy atom. The van der Waals surface area contributed by atoms with Crippen molar-refractivity contribution in [3.63, 3.8) is 0 Å². The SMILES string of the molecule is CCCCc1ccc(-c2ccc(-c3ccc(C4CCCCC4)cc3)c3c(OC(=O)C(C)CC)c(F)cc(C)c23)cc1. The summed E-state index contributed by atoms with van der Waals surface area (Å²) in [5, 5.41) is 1.59. The van der Waals surface area contributed by atoms with Crippen LogP contribution in [0.1, 0.15) is 94.7 Å². The Bertz CT molecular complexity index is 1490. The van der Waals surface area contributed by atoms with E-state index in [4.69, 9.17) is 4.74 Å². The molecule has 4 aromatic carbocycles. The van der Waals surface area contributed by atoms with Crippen molar-refractivity contribution in [3.8, 4) is 28.0 Å². The number of ether oxygens (including phenoxy) is 1. The molecule has 0 spiro atoms. The molecule has 0 radical (unpaired) electrons. The Kier molecular flexibility index (Phi) is 9.22. The van der Waals surface area contributed by atoms with Gasteiger partial charge in [0.1, 0.15) is 0 Å².